The fourth-order valence-corrected chi connectivity index (χ4v) is 6.52. The molecule has 2 aliphatic rings. The van der Waals surface area contributed by atoms with E-state index in [4.69, 9.17) is 10.5 Å². The first-order valence-electron chi connectivity index (χ1n) is 14.4. The number of aromatic nitrogens is 1. The zero-order valence-corrected chi connectivity index (χ0v) is 24.0. The third kappa shape index (κ3) is 6.00. The Morgan fingerprint density at radius 3 is 2.61 bits per heavy atom. The number of halogens is 1. The van der Waals surface area contributed by atoms with Crippen LogP contribution < -0.4 is 11.1 Å². The number of carbonyl (C=O) groups is 3. The average Bonchev–Trinajstić information content (AvgIpc) is 3.46. The lowest BCUT2D eigenvalue weighted by Crippen LogP contribution is -2.58. The molecule has 9 heteroatoms. The molecule has 1 saturated heterocycles. The average molecular weight is 563 g/mol. The molecule has 1 aliphatic carbocycles. The van der Waals surface area contributed by atoms with Crippen LogP contribution in [0.4, 0.5) is 4.39 Å². The summed E-state index contributed by atoms with van der Waals surface area (Å²) < 4.78 is 19.0. The van der Waals surface area contributed by atoms with Gasteiger partial charge in [0, 0.05) is 36.1 Å². The molecule has 1 aromatic heterocycles. The molecule has 1 aliphatic heterocycles. The summed E-state index contributed by atoms with van der Waals surface area (Å²) in [5.74, 6) is -1.01. The number of hydrogen-bond donors (Lipinski definition) is 3. The number of hydrogen-bond acceptors (Lipinski definition) is 5. The Balaban J connectivity index is 1.33. The Morgan fingerprint density at radius 1 is 1.17 bits per heavy atom. The van der Waals surface area contributed by atoms with Gasteiger partial charge in [-0.25, -0.2) is 4.39 Å². The normalized spacial score (nSPS) is 18.8. The van der Waals surface area contributed by atoms with Crippen LogP contribution >= 0.6 is 0 Å². The number of fused-ring (bicyclic) bond motifs is 3. The monoisotopic (exact) mass is 562 g/mol. The lowest BCUT2D eigenvalue weighted by atomic mass is 9.73. The van der Waals surface area contributed by atoms with E-state index in [-0.39, 0.29) is 35.4 Å². The first kappa shape index (κ1) is 28.8. The maximum absolute atomic E-state index is 13.9. The van der Waals surface area contributed by atoms with Gasteiger partial charge in [-0.1, -0.05) is 24.3 Å². The number of nitrogens with one attached hydrogen (secondary N) is 2. The summed E-state index contributed by atoms with van der Waals surface area (Å²) >= 11 is 0. The largest absolute Gasteiger partial charge is 0.466 e. The van der Waals surface area contributed by atoms with Crippen molar-refractivity contribution < 1.29 is 23.5 Å². The van der Waals surface area contributed by atoms with Crippen LogP contribution in [0.15, 0.2) is 48.5 Å². The van der Waals surface area contributed by atoms with E-state index in [0.29, 0.717) is 31.5 Å². The number of H-pyrrole nitrogens is 1. The summed E-state index contributed by atoms with van der Waals surface area (Å²) in [5.41, 5.74) is 8.73. The van der Waals surface area contributed by atoms with E-state index in [9.17, 15) is 18.8 Å². The molecule has 0 radical (unpaired) electrons. The summed E-state index contributed by atoms with van der Waals surface area (Å²) in [5, 5.41) is 3.58. The first-order chi connectivity index (χ1) is 19.5. The van der Waals surface area contributed by atoms with Crippen LogP contribution in [0.3, 0.4) is 0 Å². The highest BCUT2D eigenvalue weighted by molar-refractivity contribution is 5.92. The van der Waals surface area contributed by atoms with E-state index in [0.717, 1.165) is 30.5 Å². The van der Waals surface area contributed by atoms with Crippen molar-refractivity contribution in [2.75, 3.05) is 19.7 Å². The minimum Gasteiger partial charge on any atom is -0.466 e. The molecular weight excluding hydrogens is 523 g/mol. The molecule has 1 spiro atoms. The number of rotatable bonds is 8. The Kier molecular flexibility index (Phi) is 7.92. The zero-order chi connectivity index (χ0) is 29.4. The molecule has 0 saturated carbocycles. The highest BCUT2D eigenvalue weighted by Gasteiger charge is 2.47. The van der Waals surface area contributed by atoms with Crippen molar-refractivity contribution >= 4 is 28.7 Å². The number of ether oxygens (including phenoxy) is 1. The second kappa shape index (κ2) is 11.3. The Bertz CT molecular complexity index is 1450. The van der Waals surface area contributed by atoms with Crippen molar-refractivity contribution in [2.45, 2.75) is 75.8 Å². The van der Waals surface area contributed by atoms with E-state index >= 15 is 0 Å². The number of likely N-dealkylation sites (tertiary alicyclic amines) is 1. The molecule has 3 aromatic rings. The van der Waals surface area contributed by atoms with E-state index in [1.165, 1.54) is 23.3 Å². The van der Waals surface area contributed by atoms with Crippen LogP contribution in [0.25, 0.3) is 10.9 Å². The molecule has 5 rings (SSSR count). The Labute approximate surface area is 239 Å². The van der Waals surface area contributed by atoms with E-state index in [2.05, 4.69) is 22.4 Å². The topological polar surface area (TPSA) is 118 Å². The molecular formula is C32H39FN4O4. The summed E-state index contributed by atoms with van der Waals surface area (Å²) in [7, 11) is 0. The van der Waals surface area contributed by atoms with E-state index < -0.39 is 17.5 Å². The summed E-state index contributed by atoms with van der Waals surface area (Å²) in [6.45, 7) is 6.46. The van der Waals surface area contributed by atoms with Gasteiger partial charge in [0.25, 0.3) is 0 Å². The second-order valence-corrected chi connectivity index (χ2v) is 12.1. The number of amides is 2. The minimum atomic E-state index is -1.16. The van der Waals surface area contributed by atoms with Gasteiger partial charge in [-0.2, -0.15) is 0 Å². The number of nitrogens with two attached hydrogens (primary N) is 1. The van der Waals surface area contributed by atoms with Crippen LogP contribution in [-0.4, -0.2) is 58.9 Å². The summed E-state index contributed by atoms with van der Waals surface area (Å²) in [6.07, 6.45) is 2.96. The summed E-state index contributed by atoms with van der Waals surface area (Å²) in [4.78, 5) is 44.2. The van der Waals surface area contributed by atoms with Crippen LogP contribution in [-0.2, 0) is 31.0 Å². The van der Waals surface area contributed by atoms with Gasteiger partial charge in [0.15, 0.2) is 0 Å². The van der Waals surface area contributed by atoms with Crippen molar-refractivity contribution in [3.05, 3.63) is 71.2 Å². The predicted molar refractivity (Wildman–Crippen MR) is 155 cm³/mol. The third-order valence-corrected chi connectivity index (χ3v) is 8.61. The Morgan fingerprint density at radius 2 is 1.90 bits per heavy atom. The van der Waals surface area contributed by atoms with Gasteiger partial charge in [-0.15, -0.1) is 0 Å². The van der Waals surface area contributed by atoms with Crippen molar-refractivity contribution in [2.24, 2.45) is 5.73 Å². The molecule has 8 nitrogen and oxygen atoms in total. The number of benzene rings is 2. The standard InChI is InChI=1S/C32H39FN4O4/c1-4-41-28(38)17-21-19-32(25-8-6-5-7-24(21)25)11-13-37(14-12-32)29(39)27(36-30(40)31(2,3)34)18-23-16-20-15-22(33)9-10-26(20)35-23/h5-10,15-16,21,27,35H,4,11-14,17-19,34H2,1-3H3,(H,36,40)/t21-,27+/m0/s1. The van der Waals surface area contributed by atoms with Crippen molar-refractivity contribution in [3.8, 4) is 0 Å². The highest BCUT2D eigenvalue weighted by Crippen LogP contribution is 2.52. The molecule has 2 atom stereocenters. The highest BCUT2D eigenvalue weighted by atomic mass is 19.1. The SMILES string of the molecule is CCOC(=O)C[C@H]1CC2(CCN(C(=O)[C@@H](Cc3cc4cc(F)ccc4[nH]3)NC(=O)C(C)(C)N)CC2)c2ccccc21. The lowest BCUT2D eigenvalue weighted by Gasteiger charge is -2.41. The van der Waals surface area contributed by atoms with Crippen LogP contribution in [0, 0.1) is 5.82 Å². The number of nitrogens with zero attached hydrogens (tertiary/aromatic N) is 1. The van der Waals surface area contributed by atoms with Crippen molar-refractivity contribution in [1.82, 2.24) is 15.2 Å². The van der Waals surface area contributed by atoms with Gasteiger partial charge in [-0.3, -0.25) is 14.4 Å². The maximum Gasteiger partial charge on any atom is 0.306 e. The Hall–Kier alpha value is -3.72. The predicted octanol–water partition coefficient (Wildman–Crippen LogP) is 4.07. The van der Waals surface area contributed by atoms with Crippen LogP contribution in [0.5, 0.6) is 0 Å². The van der Waals surface area contributed by atoms with Crippen molar-refractivity contribution in [3.63, 3.8) is 0 Å². The molecule has 4 N–H and O–H groups in total. The van der Waals surface area contributed by atoms with Gasteiger partial charge in [0.1, 0.15) is 11.9 Å². The minimum absolute atomic E-state index is 0.0955. The van der Waals surface area contributed by atoms with Gasteiger partial charge in [0.05, 0.1) is 18.6 Å². The number of esters is 1. The number of aromatic amines is 1. The number of carbonyl (C=O) groups excluding carboxylic acids is 3. The van der Waals surface area contributed by atoms with Crippen molar-refractivity contribution in [1.29, 1.82) is 0 Å². The third-order valence-electron chi connectivity index (χ3n) is 8.61. The smallest absolute Gasteiger partial charge is 0.306 e. The first-order valence-corrected chi connectivity index (χ1v) is 14.4. The quantitative estimate of drug-likeness (QED) is 0.358. The fourth-order valence-electron chi connectivity index (χ4n) is 6.52. The molecule has 2 heterocycles. The molecule has 2 amide bonds. The number of piperidine rings is 1. The van der Waals surface area contributed by atoms with Crippen LogP contribution in [0.1, 0.15) is 69.2 Å². The zero-order valence-electron chi connectivity index (χ0n) is 24.0. The molecule has 0 bridgehead atoms. The van der Waals surface area contributed by atoms with E-state index in [1.54, 1.807) is 19.9 Å². The fraction of sp³-hybridized carbons (Fsp3) is 0.469. The van der Waals surface area contributed by atoms with Gasteiger partial charge >= 0.3 is 5.97 Å². The van der Waals surface area contributed by atoms with Crippen LogP contribution in [0.2, 0.25) is 0 Å². The molecule has 1 fully saturated rings. The molecule has 41 heavy (non-hydrogen) atoms. The molecule has 0 unspecified atom stereocenters. The second-order valence-electron chi connectivity index (χ2n) is 12.1. The summed E-state index contributed by atoms with van der Waals surface area (Å²) in [6, 6.07) is 13.8. The van der Waals surface area contributed by atoms with E-state index in [1.807, 2.05) is 30.0 Å². The molecule has 218 valence electrons. The lowest BCUT2D eigenvalue weighted by molar-refractivity contribution is -0.143. The van der Waals surface area contributed by atoms with Gasteiger partial charge in [-0.05, 0) is 86.8 Å². The maximum atomic E-state index is 13.9. The van der Waals surface area contributed by atoms with Gasteiger partial charge in [0.2, 0.25) is 11.8 Å². The van der Waals surface area contributed by atoms with Gasteiger partial charge < -0.3 is 25.7 Å². The molecule has 2 aromatic carbocycles.